The van der Waals surface area contributed by atoms with Gasteiger partial charge in [0.2, 0.25) is 5.82 Å². The van der Waals surface area contributed by atoms with Crippen molar-refractivity contribution in [3.63, 3.8) is 0 Å². The molecular weight excluding hydrogens is 413 g/mol. The number of hydrogen-bond donors (Lipinski definition) is 0. The first-order valence-electron chi connectivity index (χ1n) is 12.0. The lowest BCUT2D eigenvalue weighted by atomic mass is 9.80. The van der Waals surface area contributed by atoms with Crippen LogP contribution in [0.25, 0.3) is 11.1 Å². The summed E-state index contributed by atoms with van der Waals surface area (Å²) in [4.78, 5) is 0. The van der Waals surface area contributed by atoms with E-state index >= 15 is 0 Å². The summed E-state index contributed by atoms with van der Waals surface area (Å²) in [5.41, 5.74) is 0.849. The second-order valence-electron chi connectivity index (χ2n) is 8.97. The zero-order valence-electron chi connectivity index (χ0n) is 19.5. The van der Waals surface area contributed by atoms with Crippen LogP contribution in [0.1, 0.15) is 70.8 Å². The Morgan fingerprint density at radius 2 is 1.59 bits per heavy atom. The fourth-order valence-electron chi connectivity index (χ4n) is 4.66. The highest BCUT2D eigenvalue weighted by molar-refractivity contribution is 5.67. The minimum Gasteiger partial charge on any atom is -0.491 e. The summed E-state index contributed by atoms with van der Waals surface area (Å²) in [5, 5.41) is 0. The molecule has 2 aromatic rings. The minimum absolute atomic E-state index is 0.000832. The van der Waals surface area contributed by atoms with Gasteiger partial charge in [-0.05, 0) is 73.9 Å². The van der Waals surface area contributed by atoms with E-state index < -0.39 is 17.5 Å². The molecule has 0 heterocycles. The average molecular weight is 449 g/mol. The molecule has 5 heteroatoms. The molecule has 0 spiro atoms. The van der Waals surface area contributed by atoms with E-state index in [0.717, 1.165) is 18.8 Å². The van der Waals surface area contributed by atoms with Crippen molar-refractivity contribution < 1.29 is 22.6 Å². The number of rotatable bonds is 10. The third kappa shape index (κ3) is 5.99. The molecule has 176 valence electrons. The third-order valence-corrected chi connectivity index (χ3v) is 6.53. The maximum atomic E-state index is 14.9. The fourth-order valence-corrected chi connectivity index (χ4v) is 4.66. The molecule has 0 aromatic heterocycles. The number of hydrogen-bond acceptors (Lipinski definition) is 2. The van der Waals surface area contributed by atoms with Gasteiger partial charge in [0.05, 0.1) is 13.2 Å². The molecule has 0 unspecified atom stereocenters. The van der Waals surface area contributed by atoms with Crippen LogP contribution in [0.4, 0.5) is 13.2 Å². The summed E-state index contributed by atoms with van der Waals surface area (Å²) in [7, 11) is 0. The molecule has 3 rings (SSSR count). The van der Waals surface area contributed by atoms with Crippen LogP contribution in [0.2, 0.25) is 0 Å². The van der Waals surface area contributed by atoms with E-state index in [0.29, 0.717) is 18.1 Å². The summed E-state index contributed by atoms with van der Waals surface area (Å²) in [6, 6.07) is 5.64. The lowest BCUT2D eigenvalue weighted by Gasteiger charge is -2.28. The van der Waals surface area contributed by atoms with E-state index in [1.54, 1.807) is 19.9 Å². The smallest absolute Gasteiger partial charge is 0.201 e. The zero-order chi connectivity index (χ0) is 23.1. The van der Waals surface area contributed by atoms with Crippen LogP contribution in [0.3, 0.4) is 0 Å². The number of ether oxygens (including phenoxy) is 2. The van der Waals surface area contributed by atoms with Crippen LogP contribution < -0.4 is 9.47 Å². The molecule has 1 aliphatic rings. The number of unbranched alkanes of at least 4 members (excludes halogenated alkanes) is 2. The van der Waals surface area contributed by atoms with Gasteiger partial charge in [-0.3, -0.25) is 0 Å². The van der Waals surface area contributed by atoms with Crippen molar-refractivity contribution in [1.29, 1.82) is 0 Å². The van der Waals surface area contributed by atoms with Gasteiger partial charge < -0.3 is 9.47 Å². The first kappa shape index (κ1) is 24.5. The molecule has 0 aliphatic heterocycles. The molecule has 0 saturated heterocycles. The second kappa shape index (κ2) is 11.6. The molecule has 32 heavy (non-hydrogen) atoms. The van der Waals surface area contributed by atoms with Crippen LogP contribution >= 0.6 is 0 Å². The number of aryl methyl sites for hydroxylation is 1. The third-order valence-electron chi connectivity index (χ3n) is 6.53. The lowest BCUT2D eigenvalue weighted by Crippen LogP contribution is -2.20. The lowest BCUT2D eigenvalue weighted by molar-refractivity contribution is 0.173. The van der Waals surface area contributed by atoms with Crippen molar-refractivity contribution in [3.05, 3.63) is 47.3 Å². The van der Waals surface area contributed by atoms with Gasteiger partial charge in [-0.1, -0.05) is 45.4 Å². The van der Waals surface area contributed by atoms with Crippen LogP contribution in [0.5, 0.6) is 11.5 Å². The Bertz CT molecular complexity index is 866. The molecular formula is C27H35F3O2. The van der Waals surface area contributed by atoms with E-state index in [2.05, 4.69) is 6.92 Å². The van der Waals surface area contributed by atoms with Gasteiger partial charge in [0.15, 0.2) is 23.1 Å². The van der Waals surface area contributed by atoms with Crippen molar-refractivity contribution in [2.24, 2.45) is 11.8 Å². The fraction of sp³-hybridized carbons (Fsp3) is 0.556. The first-order valence-corrected chi connectivity index (χ1v) is 12.0. The first-order chi connectivity index (χ1) is 15.4. The van der Waals surface area contributed by atoms with Crippen molar-refractivity contribution >= 4 is 0 Å². The predicted octanol–water partition coefficient (Wildman–Crippen LogP) is 8.24. The monoisotopic (exact) mass is 448 g/mol. The molecule has 0 amide bonds. The van der Waals surface area contributed by atoms with Crippen LogP contribution in [0, 0.1) is 36.2 Å². The normalized spacial score (nSPS) is 18.6. The second-order valence-corrected chi connectivity index (χ2v) is 8.97. The van der Waals surface area contributed by atoms with E-state index in [4.69, 9.17) is 9.47 Å². The van der Waals surface area contributed by atoms with Gasteiger partial charge in [0.1, 0.15) is 0 Å². The van der Waals surface area contributed by atoms with Gasteiger partial charge in [-0.2, -0.15) is 4.39 Å². The van der Waals surface area contributed by atoms with E-state index in [9.17, 15) is 13.2 Å². The van der Waals surface area contributed by atoms with Gasteiger partial charge in [-0.15, -0.1) is 0 Å². The Kier molecular flexibility index (Phi) is 8.89. The topological polar surface area (TPSA) is 18.5 Å². The summed E-state index contributed by atoms with van der Waals surface area (Å²) in [6.07, 6.45) is 9.88. The SMILES string of the molecule is CCCCCC1CCC(COc2c(C)cc(-c3ccc(OCC)c(F)c3F)cc2F)CC1. The Morgan fingerprint density at radius 1 is 0.875 bits per heavy atom. The highest BCUT2D eigenvalue weighted by Gasteiger charge is 2.23. The molecule has 0 atom stereocenters. The highest BCUT2D eigenvalue weighted by Crippen LogP contribution is 2.36. The quantitative estimate of drug-likeness (QED) is 0.341. The summed E-state index contributed by atoms with van der Waals surface area (Å²) >= 11 is 0. The van der Waals surface area contributed by atoms with Crippen LogP contribution in [-0.4, -0.2) is 13.2 Å². The Hall–Kier alpha value is -2.17. The summed E-state index contributed by atoms with van der Waals surface area (Å²) in [6.45, 7) is 6.38. The maximum absolute atomic E-state index is 14.9. The Labute approximate surface area is 190 Å². The van der Waals surface area contributed by atoms with Gasteiger partial charge in [-0.25, -0.2) is 8.78 Å². The van der Waals surface area contributed by atoms with Crippen LogP contribution in [0.15, 0.2) is 24.3 Å². The molecule has 2 aromatic carbocycles. The summed E-state index contributed by atoms with van der Waals surface area (Å²) < 4.78 is 54.6. The number of benzene rings is 2. The van der Waals surface area contributed by atoms with E-state index in [1.807, 2.05) is 0 Å². The van der Waals surface area contributed by atoms with Gasteiger partial charge in [0.25, 0.3) is 0 Å². The van der Waals surface area contributed by atoms with Crippen molar-refractivity contribution in [3.8, 4) is 22.6 Å². The number of halogens is 3. The van der Waals surface area contributed by atoms with Gasteiger partial charge in [0, 0.05) is 5.56 Å². The highest BCUT2D eigenvalue weighted by atomic mass is 19.2. The Morgan fingerprint density at radius 3 is 2.25 bits per heavy atom. The zero-order valence-corrected chi connectivity index (χ0v) is 19.5. The summed E-state index contributed by atoms with van der Waals surface area (Å²) in [5.74, 6) is -1.35. The van der Waals surface area contributed by atoms with E-state index in [1.165, 1.54) is 56.7 Å². The maximum Gasteiger partial charge on any atom is 0.201 e. The van der Waals surface area contributed by atoms with Crippen molar-refractivity contribution in [1.82, 2.24) is 0 Å². The van der Waals surface area contributed by atoms with Crippen molar-refractivity contribution in [2.45, 2.75) is 72.1 Å². The standard InChI is InChI=1S/C27H35F3O2/c1-4-6-7-8-19-9-11-20(12-10-19)17-32-27-18(3)15-21(16-23(27)28)22-13-14-24(31-5-2)26(30)25(22)29/h13-16,19-20H,4-12,17H2,1-3H3. The molecule has 0 bridgehead atoms. The molecule has 1 fully saturated rings. The average Bonchev–Trinajstić information content (AvgIpc) is 2.77. The molecule has 0 N–H and O–H groups in total. The minimum atomic E-state index is -1.06. The largest absolute Gasteiger partial charge is 0.491 e. The molecule has 1 aliphatic carbocycles. The van der Waals surface area contributed by atoms with Gasteiger partial charge >= 0.3 is 0 Å². The molecule has 2 nitrogen and oxygen atoms in total. The molecule has 0 radical (unpaired) electrons. The van der Waals surface area contributed by atoms with Crippen LogP contribution in [-0.2, 0) is 0 Å². The van der Waals surface area contributed by atoms with Crippen molar-refractivity contribution in [2.75, 3.05) is 13.2 Å². The Balaban J connectivity index is 1.63. The van der Waals surface area contributed by atoms with E-state index in [-0.39, 0.29) is 29.2 Å². The predicted molar refractivity (Wildman–Crippen MR) is 123 cm³/mol. The molecule has 1 saturated carbocycles.